The standard InChI is InChI=1S/C49H79NO17/c1-22-33(54)37(58)39(67-41-38(59)34(55)26(52)20-62-41)42(64-22)63-21-27-35(56)36(57)32(50-23(2)51)40(65-27)66-31-13-14-46(7)28(45(31,5)6)12-15-47(8)29(46)11-10-24-25-18-44(3,4)16-17-49(25,43(60)61)30(53)19-48(24,47)9/h10,22,25-42,52-59H,11-21H2,1-9H3,(H,50,51)(H,60,61)/t22-,25?,26-,27-,28?,29?,30?,31+,32-,33+,34+,35-,36-,37+,38-,39-,40+,41+,42-,46+,47-,48-,49-/m0/s1. The van der Waals surface area contributed by atoms with Crippen LogP contribution in [-0.2, 0) is 38.0 Å². The molecule has 67 heavy (non-hydrogen) atoms. The molecule has 23 atom stereocenters. The van der Waals surface area contributed by atoms with Crippen molar-refractivity contribution in [2.75, 3.05) is 13.2 Å². The third kappa shape index (κ3) is 8.26. The molecule has 0 spiro atoms. The van der Waals surface area contributed by atoms with E-state index in [0.29, 0.717) is 19.3 Å². The summed E-state index contributed by atoms with van der Waals surface area (Å²) in [6, 6.07) is -1.17. The van der Waals surface area contributed by atoms with Gasteiger partial charge in [-0.2, -0.15) is 0 Å². The third-order valence-corrected chi connectivity index (χ3v) is 19.3. The van der Waals surface area contributed by atoms with Crippen LogP contribution in [0.3, 0.4) is 0 Å². The molecule has 8 aliphatic rings. The minimum Gasteiger partial charge on any atom is -0.481 e. The number of hydrogen-bond donors (Lipinski definition) is 10. The van der Waals surface area contributed by atoms with Gasteiger partial charge < -0.3 is 79.7 Å². The van der Waals surface area contributed by atoms with Crippen LogP contribution < -0.4 is 5.32 Å². The summed E-state index contributed by atoms with van der Waals surface area (Å²) in [4.78, 5) is 25.8. The molecule has 1 amide bonds. The second kappa shape index (κ2) is 18.0. The average Bonchev–Trinajstić information content (AvgIpc) is 3.24. The van der Waals surface area contributed by atoms with Crippen molar-refractivity contribution in [3.63, 3.8) is 0 Å². The number of aliphatic carboxylic acids is 1. The molecule has 0 radical (unpaired) electrons. The molecule has 4 unspecified atom stereocenters. The molecular weight excluding hydrogens is 875 g/mol. The zero-order valence-corrected chi connectivity index (χ0v) is 40.6. The van der Waals surface area contributed by atoms with Crippen LogP contribution in [0.2, 0.25) is 0 Å². The maximum atomic E-state index is 13.2. The van der Waals surface area contributed by atoms with E-state index in [1.165, 1.54) is 19.4 Å². The van der Waals surface area contributed by atoms with Crippen molar-refractivity contribution >= 4 is 11.9 Å². The SMILES string of the molecule is CC(=O)N[C@@H]1[C@@H](O[C@@H]2CC[C@]3(C)C(CC[C@@]4(C)C3CC=C3C5CC(C)(C)CC[C@@]5(C(=O)O)C(O)C[C@@]34C)C2(C)C)O[C@@H](CO[C@H]2O[C@@H](C)[C@@H](O)[C@@H](O)[C@@H]2O[C@H]2OC[C@H](O)[C@@H](O)[C@@H]2O)[C@H](O)[C@H]1O. The van der Waals surface area contributed by atoms with E-state index in [9.17, 15) is 55.5 Å². The first-order valence-electron chi connectivity index (χ1n) is 24.6. The zero-order chi connectivity index (χ0) is 49.1. The summed E-state index contributed by atoms with van der Waals surface area (Å²) in [6.07, 6.45) is -11.7. The van der Waals surface area contributed by atoms with Gasteiger partial charge in [0.25, 0.3) is 0 Å². The van der Waals surface area contributed by atoms with Crippen LogP contribution in [0, 0.1) is 50.2 Å². The van der Waals surface area contributed by atoms with Crippen molar-refractivity contribution < 1.29 is 84.0 Å². The number of carboxylic acids is 1. The molecule has 18 nitrogen and oxygen atoms in total. The largest absolute Gasteiger partial charge is 0.481 e. The summed E-state index contributed by atoms with van der Waals surface area (Å²) < 4.78 is 36.4. The Balaban J connectivity index is 1.01. The third-order valence-electron chi connectivity index (χ3n) is 19.3. The first kappa shape index (κ1) is 51.5. The number of carboxylic acid groups (broad SMARTS) is 1. The van der Waals surface area contributed by atoms with Crippen LogP contribution in [0.15, 0.2) is 11.6 Å². The first-order valence-corrected chi connectivity index (χ1v) is 24.6. The van der Waals surface area contributed by atoms with Gasteiger partial charge in [0.1, 0.15) is 66.4 Å². The van der Waals surface area contributed by atoms with Gasteiger partial charge in [0.2, 0.25) is 5.91 Å². The van der Waals surface area contributed by atoms with E-state index in [4.69, 9.17) is 28.4 Å². The highest BCUT2D eigenvalue weighted by molar-refractivity contribution is 5.77. The van der Waals surface area contributed by atoms with Crippen molar-refractivity contribution in [1.82, 2.24) is 5.32 Å². The number of hydrogen-bond acceptors (Lipinski definition) is 16. The highest BCUT2D eigenvalue weighted by atomic mass is 16.8. The smallest absolute Gasteiger partial charge is 0.312 e. The number of aliphatic hydroxyl groups excluding tert-OH is 8. The molecule has 0 aromatic rings. The Kier molecular flexibility index (Phi) is 13.8. The number of amides is 1. The van der Waals surface area contributed by atoms with E-state index in [1.807, 2.05) is 0 Å². The Morgan fingerprint density at radius 3 is 2.13 bits per heavy atom. The van der Waals surface area contributed by atoms with E-state index >= 15 is 0 Å². The van der Waals surface area contributed by atoms with Gasteiger partial charge in [0.15, 0.2) is 18.9 Å². The van der Waals surface area contributed by atoms with Gasteiger partial charge in [-0.05, 0) is 110 Å². The van der Waals surface area contributed by atoms with E-state index in [-0.39, 0.29) is 40.6 Å². The quantitative estimate of drug-likeness (QED) is 0.116. The predicted octanol–water partition coefficient (Wildman–Crippen LogP) is 1.49. The number of fused-ring (bicyclic) bond motifs is 7. The Hall–Kier alpha value is -1.88. The Labute approximate surface area is 393 Å². The second-order valence-corrected chi connectivity index (χ2v) is 23.9. The minimum absolute atomic E-state index is 0.0448. The van der Waals surface area contributed by atoms with Crippen LogP contribution in [0.4, 0.5) is 0 Å². The van der Waals surface area contributed by atoms with Gasteiger partial charge in [-0.25, -0.2) is 0 Å². The predicted molar refractivity (Wildman–Crippen MR) is 236 cm³/mol. The monoisotopic (exact) mass is 954 g/mol. The fourth-order valence-electron chi connectivity index (χ4n) is 15.2. The van der Waals surface area contributed by atoms with Crippen LogP contribution in [-0.4, -0.2) is 169 Å². The number of carbonyl (C=O) groups is 2. The van der Waals surface area contributed by atoms with Crippen LogP contribution >= 0.6 is 0 Å². The lowest BCUT2D eigenvalue weighted by atomic mass is 9.33. The summed E-state index contributed by atoms with van der Waals surface area (Å²) in [6.45, 7) is 17.8. The molecular formula is C49H79NO17. The maximum absolute atomic E-state index is 13.2. The topological polar surface area (TPSA) is 284 Å². The van der Waals surface area contributed by atoms with Crippen molar-refractivity contribution in [1.29, 1.82) is 0 Å². The van der Waals surface area contributed by atoms with Gasteiger partial charge >= 0.3 is 5.97 Å². The zero-order valence-electron chi connectivity index (χ0n) is 40.6. The molecule has 3 saturated heterocycles. The van der Waals surface area contributed by atoms with Crippen LogP contribution in [0.5, 0.6) is 0 Å². The normalized spacial score (nSPS) is 52.6. The van der Waals surface area contributed by atoms with E-state index < -0.39 is 133 Å². The number of ether oxygens (including phenoxy) is 6. The summed E-state index contributed by atoms with van der Waals surface area (Å²) in [5.41, 5.74) is -1.27. The number of nitrogens with one attached hydrogen (secondary N) is 1. The van der Waals surface area contributed by atoms with Gasteiger partial charge in [0.05, 0.1) is 31.5 Å². The second-order valence-electron chi connectivity index (χ2n) is 23.9. The fourth-order valence-corrected chi connectivity index (χ4v) is 15.2. The minimum atomic E-state index is -1.72. The summed E-state index contributed by atoms with van der Waals surface area (Å²) in [7, 11) is 0. The Morgan fingerprint density at radius 1 is 0.761 bits per heavy atom. The first-order chi connectivity index (χ1) is 31.1. The molecule has 4 saturated carbocycles. The van der Waals surface area contributed by atoms with Gasteiger partial charge in [0, 0.05) is 6.92 Å². The van der Waals surface area contributed by atoms with E-state index in [1.54, 1.807) is 0 Å². The molecule has 382 valence electrons. The Morgan fingerprint density at radius 2 is 1.46 bits per heavy atom. The van der Waals surface area contributed by atoms with Crippen molar-refractivity contribution in [2.45, 2.75) is 218 Å². The fraction of sp³-hybridized carbons (Fsp3) is 0.918. The molecule has 7 fully saturated rings. The molecule has 0 aromatic carbocycles. The Bertz CT molecular complexity index is 1880. The summed E-state index contributed by atoms with van der Waals surface area (Å²) in [5.74, 6) is -1.22. The summed E-state index contributed by atoms with van der Waals surface area (Å²) in [5, 5.41) is 101. The number of aliphatic hydroxyl groups is 8. The number of carbonyl (C=O) groups excluding carboxylic acids is 1. The number of rotatable bonds is 9. The van der Waals surface area contributed by atoms with Crippen molar-refractivity contribution in [2.24, 2.45) is 50.2 Å². The lowest BCUT2D eigenvalue weighted by Crippen LogP contribution is -2.68. The lowest BCUT2D eigenvalue weighted by Gasteiger charge is -2.71. The average molecular weight is 954 g/mol. The van der Waals surface area contributed by atoms with E-state index in [0.717, 1.165) is 38.5 Å². The molecule has 0 aromatic heterocycles. The van der Waals surface area contributed by atoms with Gasteiger partial charge in [-0.1, -0.05) is 60.1 Å². The summed E-state index contributed by atoms with van der Waals surface area (Å²) >= 11 is 0. The molecule has 10 N–H and O–H groups in total. The van der Waals surface area contributed by atoms with Gasteiger partial charge in [-0.3, -0.25) is 9.59 Å². The lowest BCUT2D eigenvalue weighted by molar-refractivity contribution is -0.361. The van der Waals surface area contributed by atoms with Crippen molar-refractivity contribution in [3.05, 3.63) is 11.6 Å². The molecule has 0 bridgehead atoms. The van der Waals surface area contributed by atoms with Crippen LogP contribution in [0.1, 0.15) is 120 Å². The highest BCUT2D eigenvalue weighted by Gasteiger charge is 2.71. The van der Waals surface area contributed by atoms with Crippen LogP contribution in [0.25, 0.3) is 0 Å². The number of allylic oxidation sites excluding steroid dienone is 2. The maximum Gasteiger partial charge on any atom is 0.312 e. The molecule has 3 heterocycles. The molecule has 18 heteroatoms. The highest BCUT2D eigenvalue weighted by Crippen LogP contribution is 2.76. The van der Waals surface area contributed by atoms with Gasteiger partial charge in [-0.15, -0.1) is 0 Å². The molecule has 3 aliphatic heterocycles. The molecule has 8 rings (SSSR count). The molecule has 5 aliphatic carbocycles. The van der Waals surface area contributed by atoms with E-state index in [2.05, 4.69) is 59.9 Å². The van der Waals surface area contributed by atoms with Crippen molar-refractivity contribution in [3.8, 4) is 0 Å².